The van der Waals surface area contributed by atoms with Crippen LogP contribution in [-0.4, -0.2) is 74.3 Å². The van der Waals surface area contributed by atoms with Crippen LogP contribution in [0.2, 0.25) is 0 Å². The lowest BCUT2D eigenvalue weighted by Gasteiger charge is -2.34. The van der Waals surface area contributed by atoms with Crippen LogP contribution in [0.5, 0.6) is 5.75 Å². The molecule has 6 heteroatoms. The molecule has 1 aromatic carbocycles. The summed E-state index contributed by atoms with van der Waals surface area (Å²) in [5, 5.41) is 3.02. The van der Waals surface area contributed by atoms with Crippen molar-refractivity contribution < 1.29 is 14.3 Å². The molecule has 0 radical (unpaired) electrons. The van der Waals surface area contributed by atoms with Gasteiger partial charge in [-0.1, -0.05) is 12.1 Å². The summed E-state index contributed by atoms with van der Waals surface area (Å²) in [5.74, 6) is 1.17. The largest absolute Gasteiger partial charge is 0.493 e. The lowest BCUT2D eigenvalue weighted by molar-refractivity contribution is -0.123. The van der Waals surface area contributed by atoms with Crippen LogP contribution in [0.1, 0.15) is 24.0 Å². The molecular weight excluding hydrogens is 330 g/mol. The highest BCUT2D eigenvalue weighted by Crippen LogP contribution is 2.26. The predicted octanol–water partition coefficient (Wildman–Crippen LogP) is 1.03. The average molecular weight is 359 g/mol. The highest BCUT2D eigenvalue weighted by atomic mass is 16.5. The SMILES string of the molecule is O=C(CN1CCN(Cc2ccc3c(c2)CCO3)CC1)NC[C@H]1CCCO1. The normalized spacial score (nSPS) is 23.6. The molecule has 0 bridgehead atoms. The zero-order chi connectivity index (χ0) is 17.8. The van der Waals surface area contributed by atoms with Crippen molar-refractivity contribution in [2.45, 2.75) is 31.9 Å². The molecule has 0 saturated carbocycles. The fraction of sp³-hybridized carbons (Fsp3) is 0.650. The zero-order valence-electron chi connectivity index (χ0n) is 15.4. The van der Waals surface area contributed by atoms with Crippen LogP contribution in [0.3, 0.4) is 0 Å². The number of fused-ring (bicyclic) bond motifs is 1. The summed E-state index contributed by atoms with van der Waals surface area (Å²) in [6, 6.07) is 6.56. The van der Waals surface area contributed by atoms with Gasteiger partial charge in [0.1, 0.15) is 5.75 Å². The smallest absolute Gasteiger partial charge is 0.234 e. The van der Waals surface area contributed by atoms with Gasteiger partial charge in [-0.2, -0.15) is 0 Å². The molecule has 3 aliphatic rings. The molecule has 4 rings (SSSR count). The molecule has 1 amide bonds. The monoisotopic (exact) mass is 359 g/mol. The Labute approximate surface area is 155 Å². The molecule has 0 aromatic heterocycles. The van der Waals surface area contributed by atoms with Crippen molar-refractivity contribution in [3.05, 3.63) is 29.3 Å². The van der Waals surface area contributed by atoms with Crippen LogP contribution >= 0.6 is 0 Å². The first kappa shape index (κ1) is 17.8. The Hall–Kier alpha value is -1.63. The van der Waals surface area contributed by atoms with Crippen LogP contribution in [0.25, 0.3) is 0 Å². The first-order chi connectivity index (χ1) is 12.8. The number of carbonyl (C=O) groups excluding carboxylic acids is 1. The molecule has 0 unspecified atom stereocenters. The minimum atomic E-state index is 0.118. The van der Waals surface area contributed by atoms with E-state index in [0.29, 0.717) is 13.1 Å². The van der Waals surface area contributed by atoms with E-state index in [2.05, 4.69) is 33.3 Å². The number of ether oxygens (including phenoxy) is 2. The molecule has 1 atom stereocenters. The van der Waals surface area contributed by atoms with E-state index < -0.39 is 0 Å². The van der Waals surface area contributed by atoms with E-state index in [0.717, 1.165) is 70.9 Å². The van der Waals surface area contributed by atoms with Crippen molar-refractivity contribution in [3.8, 4) is 5.75 Å². The van der Waals surface area contributed by atoms with E-state index in [1.165, 1.54) is 11.1 Å². The van der Waals surface area contributed by atoms with E-state index in [-0.39, 0.29) is 12.0 Å². The number of amides is 1. The maximum absolute atomic E-state index is 12.1. The summed E-state index contributed by atoms with van der Waals surface area (Å²) in [6.07, 6.45) is 3.42. The molecule has 1 aromatic rings. The summed E-state index contributed by atoms with van der Waals surface area (Å²) >= 11 is 0. The topological polar surface area (TPSA) is 54.0 Å². The summed E-state index contributed by atoms with van der Waals surface area (Å²) in [7, 11) is 0. The molecule has 142 valence electrons. The van der Waals surface area contributed by atoms with Gasteiger partial charge in [-0.15, -0.1) is 0 Å². The number of piperazine rings is 1. The van der Waals surface area contributed by atoms with Gasteiger partial charge in [0.25, 0.3) is 0 Å². The maximum atomic E-state index is 12.1. The van der Waals surface area contributed by atoms with Crippen LogP contribution in [0.4, 0.5) is 0 Å². The van der Waals surface area contributed by atoms with Crippen molar-refractivity contribution in [1.82, 2.24) is 15.1 Å². The van der Waals surface area contributed by atoms with Gasteiger partial charge in [-0.3, -0.25) is 14.6 Å². The Bertz CT molecular complexity index is 623. The fourth-order valence-electron chi connectivity index (χ4n) is 3.99. The molecule has 1 N–H and O–H groups in total. The first-order valence-corrected chi connectivity index (χ1v) is 9.84. The number of carbonyl (C=O) groups is 1. The standard InChI is InChI=1S/C20H29N3O3/c24-20(21-13-18-2-1-10-25-18)15-23-8-6-22(7-9-23)14-16-3-4-19-17(12-16)5-11-26-19/h3-4,12,18H,1-2,5-11,13-15H2,(H,21,24)/t18-/m1/s1. The van der Waals surface area contributed by atoms with Gasteiger partial charge in [0.15, 0.2) is 0 Å². The third-order valence-corrected chi connectivity index (χ3v) is 5.54. The molecule has 26 heavy (non-hydrogen) atoms. The molecule has 3 heterocycles. The molecule has 0 aliphatic carbocycles. The van der Waals surface area contributed by atoms with Crippen LogP contribution < -0.4 is 10.1 Å². The Morgan fingerprint density at radius 3 is 2.81 bits per heavy atom. The number of hydrogen-bond donors (Lipinski definition) is 1. The molecule has 2 fully saturated rings. The second-order valence-electron chi connectivity index (χ2n) is 7.53. The quantitative estimate of drug-likeness (QED) is 0.822. The molecule has 2 saturated heterocycles. The molecule has 3 aliphatic heterocycles. The number of rotatable bonds is 6. The van der Waals surface area contributed by atoms with Crippen LogP contribution in [0, 0.1) is 0 Å². The summed E-state index contributed by atoms with van der Waals surface area (Å²) in [6.45, 7) is 7.68. The van der Waals surface area contributed by atoms with Gasteiger partial charge < -0.3 is 14.8 Å². The van der Waals surface area contributed by atoms with Gasteiger partial charge in [0.2, 0.25) is 5.91 Å². The van der Waals surface area contributed by atoms with Crippen molar-refractivity contribution in [2.24, 2.45) is 0 Å². The maximum Gasteiger partial charge on any atom is 0.234 e. The van der Waals surface area contributed by atoms with E-state index in [9.17, 15) is 4.79 Å². The number of nitrogens with zero attached hydrogens (tertiary/aromatic N) is 2. The predicted molar refractivity (Wildman–Crippen MR) is 99.3 cm³/mol. The highest BCUT2D eigenvalue weighted by molar-refractivity contribution is 5.78. The second-order valence-corrected chi connectivity index (χ2v) is 7.53. The first-order valence-electron chi connectivity index (χ1n) is 9.84. The van der Waals surface area contributed by atoms with Gasteiger partial charge in [-0.05, 0) is 30.0 Å². The highest BCUT2D eigenvalue weighted by Gasteiger charge is 2.21. The third-order valence-electron chi connectivity index (χ3n) is 5.54. The summed E-state index contributed by atoms with van der Waals surface area (Å²) in [5.41, 5.74) is 2.70. The minimum Gasteiger partial charge on any atom is -0.493 e. The third kappa shape index (κ3) is 4.55. The number of nitrogens with one attached hydrogen (secondary N) is 1. The lowest BCUT2D eigenvalue weighted by atomic mass is 10.1. The van der Waals surface area contributed by atoms with Crippen molar-refractivity contribution >= 4 is 5.91 Å². The van der Waals surface area contributed by atoms with E-state index >= 15 is 0 Å². The number of benzene rings is 1. The van der Waals surface area contributed by atoms with Crippen LogP contribution in [-0.2, 0) is 22.5 Å². The van der Waals surface area contributed by atoms with Gasteiger partial charge in [0.05, 0.1) is 19.3 Å². The van der Waals surface area contributed by atoms with Gasteiger partial charge in [0, 0.05) is 52.3 Å². The van der Waals surface area contributed by atoms with E-state index in [1.54, 1.807) is 0 Å². The van der Waals surface area contributed by atoms with Gasteiger partial charge >= 0.3 is 0 Å². The summed E-state index contributed by atoms with van der Waals surface area (Å²) < 4.78 is 11.1. The lowest BCUT2D eigenvalue weighted by Crippen LogP contribution is -2.49. The Morgan fingerprint density at radius 2 is 2.00 bits per heavy atom. The van der Waals surface area contributed by atoms with Gasteiger partial charge in [-0.25, -0.2) is 0 Å². The van der Waals surface area contributed by atoms with Crippen molar-refractivity contribution in [3.63, 3.8) is 0 Å². The van der Waals surface area contributed by atoms with Crippen molar-refractivity contribution in [1.29, 1.82) is 0 Å². The minimum absolute atomic E-state index is 0.118. The fourth-order valence-corrected chi connectivity index (χ4v) is 3.99. The average Bonchev–Trinajstić information content (AvgIpc) is 3.33. The second kappa shape index (κ2) is 8.37. The Kier molecular flexibility index (Phi) is 5.72. The van der Waals surface area contributed by atoms with Crippen molar-refractivity contribution in [2.75, 3.05) is 52.5 Å². The number of hydrogen-bond acceptors (Lipinski definition) is 5. The molecular formula is C20H29N3O3. The Balaban J connectivity index is 1.17. The Morgan fingerprint density at radius 1 is 1.15 bits per heavy atom. The summed E-state index contributed by atoms with van der Waals surface area (Å²) in [4.78, 5) is 16.8. The van der Waals surface area contributed by atoms with Crippen LogP contribution in [0.15, 0.2) is 18.2 Å². The molecule has 0 spiro atoms. The van der Waals surface area contributed by atoms with E-state index in [4.69, 9.17) is 9.47 Å². The molecule has 6 nitrogen and oxygen atoms in total. The van der Waals surface area contributed by atoms with E-state index in [1.807, 2.05) is 0 Å². The zero-order valence-corrected chi connectivity index (χ0v) is 15.4.